The van der Waals surface area contributed by atoms with Gasteiger partial charge in [0.25, 0.3) is 17.9 Å². The number of unbranched alkanes of at least 4 members (excludes halogenated alkanes) is 1. The predicted molar refractivity (Wildman–Crippen MR) is 126 cm³/mol. The van der Waals surface area contributed by atoms with Gasteiger partial charge in [-0.3, -0.25) is 14.4 Å². The third-order valence-electron chi connectivity index (χ3n) is 5.00. The summed E-state index contributed by atoms with van der Waals surface area (Å²) in [5, 5.41) is 10.0. The van der Waals surface area contributed by atoms with Crippen LogP contribution in [0.2, 0.25) is 6.04 Å². The minimum atomic E-state index is -3.88. The van der Waals surface area contributed by atoms with Crippen molar-refractivity contribution in [2.75, 3.05) is 0 Å². The van der Waals surface area contributed by atoms with Crippen molar-refractivity contribution < 1.29 is 32.8 Å². The largest absolute Gasteiger partial charge is 0.705 e. The second-order valence-corrected chi connectivity index (χ2v) is 10.4. The molecule has 0 radical (unpaired) electrons. The second kappa shape index (κ2) is 12.2. The zero-order chi connectivity index (χ0) is 24.4. The Morgan fingerprint density at radius 1 is 0.818 bits per heavy atom. The zero-order valence-electron chi connectivity index (χ0n) is 19.7. The van der Waals surface area contributed by atoms with Crippen LogP contribution in [0.5, 0.6) is 5.75 Å². The molecular formula is C25H32O7Si. The highest BCUT2D eigenvalue weighted by atomic mass is 28.4. The number of aryl methyl sites for hydroxylation is 2. The molecule has 0 amide bonds. The van der Waals surface area contributed by atoms with E-state index in [-0.39, 0.29) is 11.8 Å². The number of aromatic hydroxyl groups is 1. The first-order chi connectivity index (χ1) is 15.6. The van der Waals surface area contributed by atoms with Crippen LogP contribution in [0.3, 0.4) is 0 Å². The molecule has 0 aliphatic heterocycles. The van der Waals surface area contributed by atoms with Crippen molar-refractivity contribution in [3.05, 3.63) is 53.6 Å². The van der Waals surface area contributed by atoms with Crippen LogP contribution in [0.1, 0.15) is 58.1 Å². The summed E-state index contributed by atoms with van der Waals surface area (Å²) >= 11 is 0. The Bertz CT molecular complexity index is 928. The minimum absolute atomic E-state index is 0.0802. The summed E-state index contributed by atoms with van der Waals surface area (Å²) in [6, 6.07) is 13.6. The van der Waals surface area contributed by atoms with E-state index in [2.05, 4.69) is 31.2 Å². The third kappa shape index (κ3) is 8.38. The number of phenolic OH excluding ortho intramolecular Hbond substituents is 1. The van der Waals surface area contributed by atoms with Gasteiger partial charge in [-0.1, -0.05) is 43.7 Å². The summed E-state index contributed by atoms with van der Waals surface area (Å²) in [6.07, 6.45) is 4.21. The van der Waals surface area contributed by atoms with Gasteiger partial charge in [-0.25, -0.2) is 0 Å². The Kier molecular flexibility index (Phi) is 9.66. The average Bonchev–Trinajstić information content (AvgIpc) is 2.71. The molecule has 0 saturated carbocycles. The predicted octanol–water partition coefficient (Wildman–Crippen LogP) is 4.96. The lowest BCUT2D eigenvalue weighted by Crippen LogP contribution is -2.49. The Balaban J connectivity index is 2.23. The first kappa shape index (κ1) is 26.1. The number of carbonyl (C=O) groups is 3. The maximum Gasteiger partial charge on any atom is 0.705 e. The number of hydrogen-bond donors (Lipinski definition) is 1. The van der Waals surface area contributed by atoms with Gasteiger partial charge in [0.1, 0.15) is 5.75 Å². The standard InChI is InChI=1S/C25H32O7Si/c1-5-6-8-21-10-12-22(13-11-21)25-15-14-24(29)17-23(25)9-7-16-33(30-18(2)26,31-19(3)27)32-20(4)28/h10-15,17,29H,5-9,16H2,1-4H3. The summed E-state index contributed by atoms with van der Waals surface area (Å²) in [5.74, 6) is -1.93. The van der Waals surface area contributed by atoms with E-state index in [0.717, 1.165) is 36.0 Å². The molecule has 2 rings (SSSR count). The van der Waals surface area contributed by atoms with Crippen LogP contribution in [0.4, 0.5) is 0 Å². The molecule has 2 aromatic rings. The molecule has 0 aromatic heterocycles. The first-order valence-corrected chi connectivity index (χ1v) is 13.1. The van der Waals surface area contributed by atoms with Gasteiger partial charge in [-0.2, -0.15) is 0 Å². The molecule has 7 nitrogen and oxygen atoms in total. The number of carbonyl (C=O) groups excluding carboxylic acids is 3. The molecule has 2 aromatic carbocycles. The molecule has 33 heavy (non-hydrogen) atoms. The van der Waals surface area contributed by atoms with Crippen molar-refractivity contribution in [1.29, 1.82) is 0 Å². The molecule has 0 saturated heterocycles. The Hall–Kier alpha value is -3.13. The number of rotatable bonds is 11. The van der Waals surface area contributed by atoms with Gasteiger partial charge in [0, 0.05) is 20.8 Å². The van der Waals surface area contributed by atoms with Gasteiger partial charge < -0.3 is 18.4 Å². The molecule has 0 bridgehead atoms. The van der Waals surface area contributed by atoms with E-state index in [1.165, 1.54) is 26.3 Å². The van der Waals surface area contributed by atoms with Crippen molar-refractivity contribution in [2.24, 2.45) is 0 Å². The van der Waals surface area contributed by atoms with Crippen LogP contribution in [0, 0.1) is 0 Å². The lowest BCUT2D eigenvalue weighted by Gasteiger charge is -2.26. The normalized spacial score (nSPS) is 11.0. The summed E-state index contributed by atoms with van der Waals surface area (Å²) in [7, 11) is -3.88. The molecule has 0 aliphatic rings. The highest BCUT2D eigenvalue weighted by molar-refractivity contribution is 6.65. The molecule has 0 atom stereocenters. The summed E-state index contributed by atoms with van der Waals surface area (Å²) in [5.41, 5.74) is 4.15. The fourth-order valence-electron chi connectivity index (χ4n) is 3.67. The molecule has 1 N–H and O–H groups in total. The van der Waals surface area contributed by atoms with Gasteiger partial charge in [-0.05, 0) is 60.1 Å². The summed E-state index contributed by atoms with van der Waals surface area (Å²) < 4.78 is 15.7. The second-order valence-electron chi connectivity index (χ2n) is 7.96. The van der Waals surface area contributed by atoms with E-state index in [0.29, 0.717) is 12.8 Å². The fraction of sp³-hybridized carbons (Fsp3) is 0.400. The maximum atomic E-state index is 11.6. The van der Waals surface area contributed by atoms with Gasteiger partial charge in [-0.15, -0.1) is 0 Å². The van der Waals surface area contributed by atoms with Crippen molar-refractivity contribution in [2.45, 2.75) is 65.8 Å². The number of phenols is 1. The van der Waals surface area contributed by atoms with E-state index in [4.69, 9.17) is 13.3 Å². The number of hydrogen-bond acceptors (Lipinski definition) is 7. The Morgan fingerprint density at radius 3 is 1.91 bits per heavy atom. The van der Waals surface area contributed by atoms with Crippen LogP contribution in [-0.4, -0.2) is 31.8 Å². The van der Waals surface area contributed by atoms with Gasteiger partial charge in [0.2, 0.25) is 0 Å². The number of benzene rings is 2. The van der Waals surface area contributed by atoms with Crippen LogP contribution in [-0.2, 0) is 40.5 Å². The Labute approximate surface area is 196 Å². The molecule has 0 unspecified atom stereocenters. The zero-order valence-corrected chi connectivity index (χ0v) is 20.7. The molecule has 0 fully saturated rings. The van der Waals surface area contributed by atoms with E-state index < -0.39 is 26.7 Å². The highest BCUT2D eigenvalue weighted by Gasteiger charge is 2.51. The van der Waals surface area contributed by atoms with E-state index in [9.17, 15) is 19.5 Å². The van der Waals surface area contributed by atoms with E-state index in [1.807, 2.05) is 6.07 Å². The molecular weight excluding hydrogens is 440 g/mol. The van der Waals surface area contributed by atoms with Crippen LogP contribution < -0.4 is 0 Å². The highest BCUT2D eigenvalue weighted by Crippen LogP contribution is 2.30. The smallest absolute Gasteiger partial charge is 0.508 e. The molecule has 0 aliphatic carbocycles. The van der Waals surface area contributed by atoms with Gasteiger partial charge >= 0.3 is 8.80 Å². The van der Waals surface area contributed by atoms with Crippen molar-refractivity contribution >= 4 is 26.7 Å². The van der Waals surface area contributed by atoms with Crippen LogP contribution >= 0.6 is 0 Å². The molecule has 0 heterocycles. The van der Waals surface area contributed by atoms with Crippen molar-refractivity contribution in [3.63, 3.8) is 0 Å². The third-order valence-corrected chi connectivity index (χ3v) is 7.76. The molecule has 178 valence electrons. The monoisotopic (exact) mass is 472 g/mol. The quantitative estimate of drug-likeness (QED) is 0.461. The Morgan fingerprint density at radius 2 is 1.39 bits per heavy atom. The van der Waals surface area contributed by atoms with E-state index in [1.54, 1.807) is 12.1 Å². The van der Waals surface area contributed by atoms with Crippen LogP contribution in [0.15, 0.2) is 42.5 Å². The minimum Gasteiger partial charge on any atom is -0.508 e. The summed E-state index contributed by atoms with van der Waals surface area (Å²) in [6.45, 7) is 5.68. The topological polar surface area (TPSA) is 99.1 Å². The van der Waals surface area contributed by atoms with Gasteiger partial charge in [0.05, 0.1) is 6.04 Å². The average molecular weight is 473 g/mol. The maximum absolute atomic E-state index is 11.6. The lowest BCUT2D eigenvalue weighted by molar-refractivity contribution is -0.147. The fourth-order valence-corrected chi connectivity index (χ4v) is 6.02. The van der Waals surface area contributed by atoms with Crippen molar-refractivity contribution in [1.82, 2.24) is 0 Å². The lowest BCUT2D eigenvalue weighted by atomic mass is 9.95. The molecule has 0 spiro atoms. The van der Waals surface area contributed by atoms with Gasteiger partial charge in [0.15, 0.2) is 0 Å². The van der Waals surface area contributed by atoms with E-state index >= 15 is 0 Å². The van der Waals surface area contributed by atoms with Crippen LogP contribution in [0.25, 0.3) is 11.1 Å². The SMILES string of the molecule is CCCCc1ccc(-c2ccc(O)cc2CCC[Si](OC(C)=O)(OC(C)=O)OC(C)=O)cc1. The molecule has 8 heteroatoms. The first-order valence-electron chi connectivity index (χ1n) is 11.1. The van der Waals surface area contributed by atoms with Crippen molar-refractivity contribution in [3.8, 4) is 16.9 Å². The summed E-state index contributed by atoms with van der Waals surface area (Å²) in [4.78, 5) is 34.9.